The van der Waals surface area contributed by atoms with E-state index in [0.717, 1.165) is 33.4 Å². The molecule has 6 heteroatoms. The minimum absolute atomic E-state index is 0.0510. The van der Waals surface area contributed by atoms with Gasteiger partial charge in [0.1, 0.15) is 5.75 Å². The number of nitrogens with zero attached hydrogens (tertiary/aromatic N) is 2. The van der Waals surface area contributed by atoms with Gasteiger partial charge in [-0.3, -0.25) is 4.57 Å². The number of rotatable bonds is 9. The largest absolute Gasteiger partial charge is 0.494 e. The molecule has 0 saturated carbocycles. The second-order valence-corrected chi connectivity index (χ2v) is 6.39. The number of aliphatic hydroxyl groups excluding tert-OH is 1. The van der Waals surface area contributed by atoms with Crippen LogP contribution in [0.3, 0.4) is 0 Å². The van der Waals surface area contributed by atoms with Crippen LogP contribution in [0.1, 0.15) is 6.92 Å². The second kappa shape index (κ2) is 8.89. The highest BCUT2D eigenvalue weighted by atomic mass is 32.2. The summed E-state index contributed by atoms with van der Waals surface area (Å²) in [4.78, 5) is 4.76. The minimum atomic E-state index is 0.0510. The molecule has 0 saturated heterocycles. The van der Waals surface area contributed by atoms with Crippen LogP contribution >= 0.6 is 11.8 Å². The summed E-state index contributed by atoms with van der Waals surface area (Å²) < 4.78 is 13.0. The van der Waals surface area contributed by atoms with Gasteiger partial charge in [0.15, 0.2) is 5.16 Å². The first kappa shape index (κ1) is 17.8. The van der Waals surface area contributed by atoms with E-state index in [1.165, 1.54) is 0 Å². The van der Waals surface area contributed by atoms with Gasteiger partial charge in [0.25, 0.3) is 0 Å². The number of ether oxygens (including phenoxy) is 2. The Hall–Kier alpha value is -2.02. The first-order chi connectivity index (χ1) is 12.3. The Labute approximate surface area is 151 Å². The lowest BCUT2D eigenvalue weighted by Crippen LogP contribution is -2.03. The number of aliphatic hydroxyl groups is 1. The SMILES string of the molecule is CCOc1ccc(-n2c(SCCOCCO)nc3ccccc32)cc1. The molecule has 0 radical (unpaired) electrons. The van der Waals surface area contributed by atoms with E-state index in [2.05, 4.69) is 10.6 Å². The molecule has 0 fully saturated rings. The van der Waals surface area contributed by atoms with E-state index in [-0.39, 0.29) is 6.61 Å². The molecule has 0 aliphatic heterocycles. The number of para-hydroxylation sites is 2. The molecule has 0 unspecified atom stereocenters. The minimum Gasteiger partial charge on any atom is -0.494 e. The number of hydrogen-bond acceptors (Lipinski definition) is 5. The predicted octanol–water partition coefficient (Wildman–Crippen LogP) is 3.53. The molecule has 0 spiro atoms. The molecular weight excluding hydrogens is 336 g/mol. The van der Waals surface area contributed by atoms with Crippen LogP contribution in [0.25, 0.3) is 16.7 Å². The zero-order valence-corrected chi connectivity index (χ0v) is 15.0. The lowest BCUT2D eigenvalue weighted by atomic mass is 10.2. The van der Waals surface area contributed by atoms with Gasteiger partial charge < -0.3 is 14.6 Å². The molecule has 5 nitrogen and oxygen atoms in total. The Morgan fingerprint density at radius 1 is 1.08 bits per heavy atom. The third kappa shape index (κ3) is 4.34. The van der Waals surface area contributed by atoms with E-state index >= 15 is 0 Å². The van der Waals surface area contributed by atoms with Crippen LogP contribution in [0.4, 0.5) is 0 Å². The molecule has 132 valence electrons. The van der Waals surface area contributed by atoms with Crippen molar-refractivity contribution >= 4 is 22.8 Å². The van der Waals surface area contributed by atoms with E-state index < -0.39 is 0 Å². The van der Waals surface area contributed by atoms with Crippen LogP contribution in [0.2, 0.25) is 0 Å². The third-order valence-electron chi connectivity index (χ3n) is 3.63. The van der Waals surface area contributed by atoms with Gasteiger partial charge in [0.05, 0.1) is 37.5 Å². The fraction of sp³-hybridized carbons (Fsp3) is 0.316. The maximum atomic E-state index is 8.77. The summed E-state index contributed by atoms with van der Waals surface area (Å²) >= 11 is 1.65. The maximum Gasteiger partial charge on any atom is 0.173 e. The van der Waals surface area contributed by atoms with Crippen molar-refractivity contribution < 1.29 is 14.6 Å². The Kier molecular flexibility index (Phi) is 6.33. The van der Waals surface area contributed by atoms with Crippen molar-refractivity contribution in [2.75, 3.05) is 32.2 Å². The Morgan fingerprint density at radius 3 is 2.64 bits per heavy atom. The molecule has 0 bridgehead atoms. The van der Waals surface area contributed by atoms with Gasteiger partial charge in [-0.2, -0.15) is 0 Å². The van der Waals surface area contributed by atoms with Gasteiger partial charge in [-0.05, 0) is 43.3 Å². The average molecular weight is 358 g/mol. The number of benzene rings is 2. The van der Waals surface area contributed by atoms with Crippen LogP contribution in [-0.4, -0.2) is 46.8 Å². The summed E-state index contributed by atoms with van der Waals surface area (Å²) in [6.07, 6.45) is 0. The van der Waals surface area contributed by atoms with Gasteiger partial charge >= 0.3 is 0 Å². The standard InChI is InChI=1S/C19H22N2O3S/c1-2-24-16-9-7-15(8-10-16)21-18-6-4-3-5-17(18)20-19(21)25-14-13-23-12-11-22/h3-10,22H,2,11-14H2,1H3. The maximum absolute atomic E-state index is 8.77. The second-order valence-electron chi connectivity index (χ2n) is 5.33. The molecule has 1 heterocycles. The van der Waals surface area contributed by atoms with Gasteiger partial charge in [-0.25, -0.2) is 4.98 Å². The van der Waals surface area contributed by atoms with Crippen molar-refractivity contribution in [3.05, 3.63) is 48.5 Å². The molecule has 3 rings (SSSR count). The van der Waals surface area contributed by atoms with Crippen LogP contribution in [0.5, 0.6) is 5.75 Å². The Morgan fingerprint density at radius 2 is 1.88 bits per heavy atom. The zero-order chi connectivity index (χ0) is 17.5. The summed E-state index contributed by atoms with van der Waals surface area (Å²) in [5.41, 5.74) is 3.09. The molecule has 1 N–H and O–H groups in total. The summed E-state index contributed by atoms with van der Waals surface area (Å²) in [6, 6.07) is 16.2. The van der Waals surface area contributed by atoms with Crippen molar-refractivity contribution in [2.24, 2.45) is 0 Å². The topological polar surface area (TPSA) is 56.5 Å². The number of thioether (sulfide) groups is 1. The predicted molar refractivity (Wildman–Crippen MR) is 101 cm³/mol. The molecule has 2 aromatic carbocycles. The summed E-state index contributed by atoms with van der Waals surface area (Å²) in [5, 5.41) is 9.70. The van der Waals surface area contributed by atoms with E-state index in [0.29, 0.717) is 19.8 Å². The molecule has 0 aliphatic rings. The van der Waals surface area contributed by atoms with Crippen molar-refractivity contribution in [3.8, 4) is 11.4 Å². The lowest BCUT2D eigenvalue weighted by molar-refractivity contribution is 0.103. The van der Waals surface area contributed by atoms with Gasteiger partial charge in [-0.15, -0.1) is 0 Å². The summed E-state index contributed by atoms with van der Waals surface area (Å²) in [5.74, 6) is 1.64. The number of imidazole rings is 1. The summed E-state index contributed by atoms with van der Waals surface area (Å²) in [6.45, 7) is 3.64. The smallest absolute Gasteiger partial charge is 0.173 e. The van der Waals surface area contributed by atoms with Crippen molar-refractivity contribution in [3.63, 3.8) is 0 Å². The highest BCUT2D eigenvalue weighted by Gasteiger charge is 2.12. The van der Waals surface area contributed by atoms with E-state index in [4.69, 9.17) is 19.6 Å². The molecule has 1 aromatic heterocycles. The molecule has 25 heavy (non-hydrogen) atoms. The molecule has 0 atom stereocenters. The molecular formula is C19H22N2O3S. The first-order valence-corrected chi connectivity index (χ1v) is 9.34. The van der Waals surface area contributed by atoms with Crippen molar-refractivity contribution in [2.45, 2.75) is 12.1 Å². The quantitative estimate of drug-likeness (QED) is 0.468. The van der Waals surface area contributed by atoms with Gasteiger partial charge in [0.2, 0.25) is 0 Å². The van der Waals surface area contributed by atoms with Gasteiger partial charge in [-0.1, -0.05) is 23.9 Å². The van der Waals surface area contributed by atoms with Crippen LogP contribution < -0.4 is 4.74 Å². The monoisotopic (exact) mass is 358 g/mol. The number of fused-ring (bicyclic) bond motifs is 1. The molecule has 0 amide bonds. The fourth-order valence-corrected chi connectivity index (χ4v) is 3.45. The van der Waals surface area contributed by atoms with Crippen molar-refractivity contribution in [1.29, 1.82) is 0 Å². The zero-order valence-electron chi connectivity index (χ0n) is 14.2. The normalized spacial score (nSPS) is 11.1. The lowest BCUT2D eigenvalue weighted by Gasteiger charge is -2.10. The summed E-state index contributed by atoms with van der Waals surface area (Å²) in [7, 11) is 0. The van der Waals surface area contributed by atoms with Crippen LogP contribution in [0.15, 0.2) is 53.7 Å². The first-order valence-electron chi connectivity index (χ1n) is 8.35. The number of hydrogen-bond donors (Lipinski definition) is 1. The Bertz CT molecular complexity index is 802. The van der Waals surface area contributed by atoms with Crippen molar-refractivity contribution in [1.82, 2.24) is 9.55 Å². The van der Waals surface area contributed by atoms with Gasteiger partial charge in [0, 0.05) is 11.4 Å². The molecule has 3 aromatic rings. The van der Waals surface area contributed by atoms with E-state index in [1.807, 2.05) is 49.4 Å². The average Bonchev–Trinajstić information content (AvgIpc) is 3.01. The number of aromatic nitrogens is 2. The highest BCUT2D eigenvalue weighted by molar-refractivity contribution is 7.99. The van der Waals surface area contributed by atoms with Crippen LogP contribution in [-0.2, 0) is 4.74 Å². The highest BCUT2D eigenvalue weighted by Crippen LogP contribution is 2.28. The third-order valence-corrected chi connectivity index (χ3v) is 4.53. The van der Waals surface area contributed by atoms with E-state index in [1.54, 1.807) is 11.8 Å². The molecule has 0 aliphatic carbocycles. The van der Waals surface area contributed by atoms with Crippen LogP contribution in [0, 0.1) is 0 Å². The Balaban J connectivity index is 1.87. The fourth-order valence-electron chi connectivity index (χ4n) is 2.57. The van der Waals surface area contributed by atoms with E-state index in [9.17, 15) is 0 Å².